The van der Waals surface area contributed by atoms with Gasteiger partial charge in [-0.3, -0.25) is 4.79 Å². The van der Waals surface area contributed by atoms with Crippen molar-refractivity contribution in [1.29, 1.82) is 0 Å². The van der Waals surface area contributed by atoms with Gasteiger partial charge < -0.3 is 11.5 Å². The lowest BCUT2D eigenvalue weighted by Gasteiger charge is -2.06. The molecule has 0 aliphatic carbocycles. The number of carbonyl (C=O) groups is 1. The fourth-order valence-electron chi connectivity index (χ4n) is 1.41. The molecular weight excluding hydrogens is 220 g/mol. The molecule has 2 aromatic rings. The summed E-state index contributed by atoms with van der Waals surface area (Å²) >= 11 is 0. The van der Waals surface area contributed by atoms with Gasteiger partial charge in [-0.25, -0.2) is 19.9 Å². The van der Waals surface area contributed by atoms with Crippen molar-refractivity contribution in [3.05, 3.63) is 29.7 Å². The van der Waals surface area contributed by atoms with Crippen molar-refractivity contribution in [3.8, 4) is 11.6 Å². The first kappa shape index (κ1) is 10.9. The second kappa shape index (κ2) is 4.12. The fraction of sp³-hybridized carbons (Fsp3) is 0.100. The minimum atomic E-state index is -0.652. The summed E-state index contributed by atoms with van der Waals surface area (Å²) in [5.74, 6) is -0.00287. The first-order valence-electron chi connectivity index (χ1n) is 4.81. The van der Waals surface area contributed by atoms with E-state index in [4.69, 9.17) is 11.5 Å². The number of amides is 1. The molecule has 2 heterocycles. The first-order chi connectivity index (χ1) is 8.09. The maximum atomic E-state index is 11.1. The third kappa shape index (κ3) is 2.03. The predicted molar refractivity (Wildman–Crippen MR) is 60.7 cm³/mol. The molecule has 0 fully saturated rings. The number of anilines is 1. The average molecular weight is 230 g/mol. The molecule has 0 aliphatic heterocycles. The molecule has 86 valence electrons. The molecule has 7 nitrogen and oxygen atoms in total. The van der Waals surface area contributed by atoms with E-state index in [1.807, 2.05) is 0 Å². The molecule has 0 saturated carbocycles. The van der Waals surface area contributed by atoms with Gasteiger partial charge in [0, 0.05) is 12.4 Å². The van der Waals surface area contributed by atoms with Crippen molar-refractivity contribution >= 4 is 11.7 Å². The van der Waals surface area contributed by atoms with E-state index < -0.39 is 5.91 Å². The molecule has 0 aromatic carbocycles. The van der Waals surface area contributed by atoms with Crippen LogP contribution in [0.5, 0.6) is 0 Å². The van der Waals surface area contributed by atoms with E-state index in [2.05, 4.69) is 19.9 Å². The Morgan fingerprint density at radius 1 is 1.18 bits per heavy atom. The molecule has 0 spiro atoms. The average Bonchev–Trinajstić information content (AvgIpc) is 2.28. The molecular formula is C10H10N6O. The van der Waals surface area contributed by atoms with Gasteiger partial charge in [0.25, 0.3) is 5.91 Å². The Balaban J connectivity index is 2.57. The molecule has 0 bridgehead atoms. The highest BCUT2D eigenvalue weighted by atomic mass is 16.1. The van der Waals surface area contributed by atoms with E-state index in [9.17, 15) is 4.79 Å². The normalized spacial score (nSPS) is 10.2. The summed E-state index contributed by atoms with van der Waals surface area (Å²) in [5, 5.41) is 0. The second-order valence-corrected chi connectivity index (χ2v) is 3.33. The summed E-state index contributed by atoms with van der Waals surface area (Å²) in [7, 11) is 0. The van der Waals surface area contributed by atoms with Crippen LogP contribution in [0.3, 0.4) is 0 Å². The SMILES string of the molecule is Cc1nc(-c2ncccn2)nc(N)c1C(N)=O. The molecule has 0 saturated heterocycles. The van der Waals surface area contributed by atoms with Gasteiger partial charge in [-0.05, 0) is 13.0 Å². The van der Waals surface area contributed by atoms with Crippen molar-refractivity contribution in [2.45, 2.75) is 6.92 Å². The van der Waals surface area contributed by atoms with Gasteiger partial charge >= 0.3 is 0 Å². The molecule has 2 rings (SSSR count). The van der Waals surface area contributed by atoms with Crippen LogP contribution in [0.25, 0.3) is 11.6 Å². The second-order valence-electron chi connectivity index (χ2n) is 3.33. The zero-order valence-corrected chi connectivity index (χ0v) is 9.08. The quantitative estimate of drug-likeness (QED) is 0.744. The smallest absolute Gasteiger partial charge is 0.254 e. The zero-order valence-electron chi connectivity index (χ0n) is 9.08. The topological polar surface area (TPSA) is 121 Å². The third-order valence-electron chi connectivity index (χ3n) is 2.13. The summed E-state index contributed by atoms with van der Waals surface area (Å²) in [6, 6.07) is 1.68. The van der Waals surface area contributed by atoms with Crippen molar-refractivity contribution in [2.75, 3.05) is 5.73 Å². The molecule has 0 unspecified atom stereocenters. The molecule has 0 radical (unpaired) electrons. The Hall–Kier alpha value is -2.57. The molecule has 0 atom stereocenters. The summed E-state index contributed by atoms with van der Waals surface area (Å²) in [6.07, 6.45) is 3.14. The predicted octanol–water partition coefficient (Wildman–Crippen LogP) is -0.0769. The standard InChI is InChI=1S/C10H10N6O/c1-5-6(8(12)17)7(11)16-10(15-5)9-13-3-2-4-14-9/h2-4H,1H3,(H2,12,17)(H2,11,15,16). The van der Waals surface area contributed by atoms with Crippen LogP contribution in [0.2, 0.25) is 0 Å². The van der Waals surface area contributed by atoms with Gasteiger partial charge in [-0.1, -0.05) is 0 Å². The van der Waals surface area contributed by atoms with Crippen LogP contribution in [-0.4, -0.2) is 25.8 Å². The van der Waals surface area contributed by atoms with Crippen LogP contribution in [0, 0.1) is 6.92 Å². The Morgan fingerprint density at radius 2 is 1.82 bits per heavy atom. The van der Waals surface area contributed by atoms with Crippen LogP contribution >= 0.6 is 0 Å². The molecule has 1 amide bonds. The lowest BCUT2D eigenvalue weighted by atomic mass is 10.2. The minimum Gasteiger partial charge on any atom is -0.383 e. The van der Waals surface area contributed by atoms with Crippen molar-refractivity contribution in [1.82, 2.24) is 19.9 Å². The fourth-order valence-corrected chi connectivity index (χ4v) is 1.41. The third-order valence-corrected chi connectivity index (χ3v) is 2.13. The van der Waals surface area contributed by atoms with Gasteiger partial charge in [0.05, 0.1) is 5.69 Å². The summed E-state index contributed by atoms with van der Waals surface area (Å²) in [5.41, 5.74) is 11.4. The first-order valence-corrected chi connectivity index (χ1v) is 4.81. The van der Waals surface area contributed by atoms with Gasteiger partial charge in [0.1, 0.15) is 11.4 Å². The van der Waals surface area contributed by atoms with Crippen LogP contribution in [-0.2, 0) is 0 Å². The highest BCUT2D eigenvalue weighted by Crippen LogP contribution is 2.16. The van der Waals surface area contributed by atoms with E-state index in [1.54, 1.807) is 25.4 Å². The zero-order chi connectivity index (χ0) is 12.4. The minimum absolute atomic E-state index is 0.0347. The number of rotatable bonds is 2. The number of hydrogen-bond acceptors (Lipinski definition) is 6. The monoisotopic (exact) mass is 230 g/mol. The van der Waals surface area contributed by atoms with Gasteiger partial charge in [0.15, 0.2) is 11.6 Å². The number of aryl methyl sites for hydroxylation is 1. The number of hydrogen-bond donors (Lipinski definition) is 2. The number of nitrogens with two attached hydrogens (primary N) is 2. The maximum absolute atomic E-state index is 11.1. The van der Waals surface area contributed by atoms with E-state index in [0.29, 0.717) is 11.5 Å². The Kier molecular flexibility index (Phi) is 2.65. The van der Waals surface area contributed by atoms with Crippen molar-refractivity contribution < 1.29 is 4.79 Å². The van der Waals surface area contributed by atoms with Crippen LogP contribution in [0.1, 0.15) is 16.1 Å². The molecule has 7 heteroatoms. The Morgan fingerprint density at radius 3 is 2.35 bits per heavy atom. The summed E-state index contributed by atoms with van der Waals surface area (Å²) in [4.78, 5) is 27.2. The summed E-state index contributed by atoms with van der Waals surface area (Å²) in [6.45, 7) is 1.63. The van der Waals surface area contributed by atoms with Gasteiger partial charge in [-0.2, -0.15) is 0 Å². The van der Waals surface area contributed by atoms with E-state index in [1.165, 1.54) is 0 Å². The van der Waals surface area contributed by atoms with Gasteiger partial charge in [-0.15, -0.1) is 0 Å². The van der Waals surface area contributed by atoms with Crippen molar-refractivity contribution in [2.24, 2.45) is 5.73 Å². The lowest BCUT2D eigenvalue weighted by molar-refractivity contribution is 0.1000. The van der Waals surface area contributed by atoms with Crippen molar-refractivity contribution in [3.63, 3.8) is 0 Å². The van der Waals surface area contributed by atoms with E-state index in [-0.39, 0.29) is 17.2 Å². The van der Waals surface area contributed by atoms with Crippen LogP contribution < -0.4 is 11.5 Å². The number of nitrogens with zero attached hydrogens (tertiary/aromatic N) is 4. The lowest BCUT2D eigenvalue weighted by Crippen LogP contribution is -2.18. The van der Waals surface area contributed by atoms with Crippen LogP contribution in [0.4, 0.5) is 5.82 Å². The molecule has 2 aromatic heterocycles. The Bertz CT molecular complexity index is 545. The number of nitrogen functional groups attached to an aromatic ring is 1. The molecule has 17 heavy (non-hydrogen) atoms. The number of aromatic nitrogens is 4. The Labute approximate surface area is 96.9 Å². The van der Waals surface area contributed by atoms with Crippen LogP contribution in [0.15, 0.2) is 18.5 Å². The summed E-state index contributed by atoms with van der Waals surface area (Å²) < 4.78 is 0. The number of carbonyl (C=O) groups excluding carboxylic acids is 1. The van der Waals surface area contributed by atoms with E-state index in [0.717, 1.165) is 0 Å². The largest absolute Gasteiger partial charge is 0.383 e. The highest BCUT2D eigenvalue weighted by molar-refractivity contribution is 5.98. The highest BCUT2D eigenvalue weighted by Gasteiger charge is 2.15. The maximum Gasteiger partial charge on any atom is 0.254 e. The van der Waals surface area contributed by atoms with Gasteiger partial charge in [0.2, 0.25) is 0 Å². The molecule has 0 aliphatic rings. The number of primary amides is 1. The molecule has 4 N–H and O–H groups in total. The van der Waals surface area contributed by atoms with E-state index >= 15 is 0 Å².